The van der Waals surface area contributed by atoms with Gasteiger partial charge in [-0.15, -0.1) is 22.9 Å². The van der Waals surface area contributed by atoms with Crippen molar-refractivity contribution in [1.29, 1.82) is 0 Å². The van der Waals surface area contributed by atoms with E-state index in [1.807, 2.05) is 12.1 Å². The Morgan fingerprint density at radius 1 is 1.23 bits per heavy atom. The lowest BCUT2D eigenvalue weighted by Crippen LogP contribution is -2.23. The number of carbonyl (C=O) groups excluding carboxylic acids is 2. The summed E-state index contributed by atoms with van der Waals surface area (Å²) in [7, 11) is 1.47. The molecule has 10 heteroatoms. The van der Waals surface area contributed by atoms with Crippen LogP contribution in [-0.4, -0.2) is 33.8 Å². The Morgan fingerprint density at radius 2 is 2.03 bits per heavy atom. The van der Waals surface area contributed by atoms with Crippen LogP contribution in [0.15, 0.2) is 42.7 Å². The maximum atomic E-state index is 13.0. The summed E-state index contributed by atoms with van der Waals surface area (Å²) in [5.74, 6) is -1.11. The van der Waals surface area contributed by atoms with Crippen molar-refractivity contribution < 1.29 is 14.3 Å². The SMILES string of the molecule is COc1cc(NC(=O)C(=O)c2c(C)[nH]c3ccc(C(Cl)c4ncc(Cl)s4)cc23)ccn1. The van der Waals surface area contributed by atoms with E-state index in [9.17, 15) is 9.59 Å². The second kappa shape index (κ2) is 8.66. The fourth-order valence-corrected chi connectivity index (χ4v) is 4.48. The molecule has 0 spiro atoms. The van der Waals surface area contributed by atoms with E-state index in [0.29, 0.717) is 32.0 Å². The third-order valence-corrected chi connectivity index (χ3v) is 6.42. The van der Waals surface area contributed by atoms with Gasteiger partial charge in [-0.1, -0.05) is 17.7 Å². The second-order valence-corrected chi connectivity index (χ2v) is 8.80. The molecule has 4 rings (SSSR count). The first kappa shape index (κ1) is 21.3. The molecule has 0 aliphatic heterocycles. The maximum absolute atomic E-state index is 13.0. The number of hydrogen-bond donors (Lipinski definition) is 2. The highest BCUT2D eigenvalue weighted by Crippen LogP contribution is 2.35. The number of nitrogens with one attached hydrogen (secondary N) is 2. The molecule has 158 valence electrons. The predicted octanol–water partition coefficient (Wildman–Crippen LogP) is 5.14. The van der Waals surface area contributed by atoms with Crippen LogP contribution in [0.1, 0.15) is 32.0 Å². The molecule has 1 aromatic carbocycles. The number of aromatic nitrogens is 3. The number of ether oxygens (including phenoxy) is 1. The zero-order valence-corrected chi connectivity index (χ0v) is 18.7. The topological polar surface area (TPSA) is 97.0 Å². The summed E-state index contributed by atoms with van der Waals surface area (Å²) in [6.45, 7) is 1.74. The fraction of sp³-hybridized carbons (Fsp3) is 0.143. The minimum atomic E-state index is -0.767. The number of pyridine rings is 1. The maximum Gasteiger partial charge on any atom is 0.296 e. The van der Waals surface area contributed by atoms with Crippen LogP contribution in [0.2, 0.25) is 4.34 Å². The van der Waals surface area contributed by atoms with Gasteiger partial charge in [0.1, 0.15) is 14.7 Å². The van der Waals surface area contributed by atoms with Gasteiger partial charge in [-0.2, -0.15) is 0 Å². The van der Waals surface area contributed by atoms with E-state index in [1.54, 1.807) is 25.3 Å². The van der Waals surface area contributed by atoms with Crippen molar-refractivity contribution in [3.05, 3.63) is 68.9 Å². The molecule has 2 N–H and O–H groups in total. The van der Waals surface area contributed by atoms with Gasteiger partial charge in [0.25, 0.3) is 11.7 Å². The molecule has 0 bridgehead atoms. The number of thiazole rings is 1. The number of methoxy groups -OCH3 is 1. The number of nitrogens with zero attached hydrogens (tertiary/aromatic N) is 2. The Bertz CT molecular complexity index is 1300. The standard InChI is InChI=1S/C21H16Cl2N4O3S/c1-10-17(19(28)20(29)27-12-5-6-24-16(8-12)30-2)13-7-11(3-4-14(13)26-10)18(23)21-25-9-15(22)31-21/h3-9,18,26H,1-2H3,(H,24,27,29). The van der Waals surface area contributed by atoms with Gasteiger partial charge in [0, 0.05) is 34.5 Å². The third kappa shape index (κ3) is 4.27. The average molecular weight is 475 g/mol. The minimum Gasteiger partial charge on any atom is -0.481 e. The van der Waals surface area contributed by atoms with Crippen LogP contribution in [0.25, 0.3) is 10.9 Å². The van der Waals surface area contributed by atoms with Gasteiger partial charge in [0.15, 0.2) is 0 Å². The van der Waals surface area contributed by atoms with E-state index in [2.05, 4.69) is 20.3 Å². The second-order valence-electron chi connectivity index (χ2n) is 6.67. The van der Waals surface area contributed by atoms with Crippen LogP contribution in [0.3, 0.4) is 0 Å². The van der Waals surface area contributed by atoms with E-state index in [1.165, 1.54) is 30.7 Å². The van der Waals surface area contributed by atoms with Crippen molar-refractivity contribution in [3.63, 3.8) is 0 Å². The third-order valence-electron chi connectivity index (χ3n) is 4.65. The van der Waals surface area contributed by atoms with Gasteiger partial charge in [-0.05, 0) is 30.7 Å². The first-order valence-electron chi connectivity index (χ1n) is 9.10. The van der Waals surface area contributed by atoms with Crippen molar-refractivity contribution in [1.82, 2.24) is 15.0 Å². The molecular formula is C21H16Cl2N4O3S. The number of benzene rings is 1. The molecule has 1 amide bonds. The molecule has 3 aromatic heterocycles. The van der Waals surface area contributed by atoms with Crippen LogP contribution >= 0.6 is 34.5 Å². The summed E-state index contributed by atoms with van der Waals surface area (Å²) in [5, 5.41) is 3.32. The lowest BCUT2D eigenvalue weighted by atomic mass is 10.0. The number of alkyl halides is 1. The number of fused-ring (bicyclic) bond motifs is 1. The molecule has 1 atom stereocenters. The summed E-state index contributed by atoms with van der Waals surface area (Å²) in [6.07, 6.45) is 3.02. The summed E-state index contributed by atoms with van der Waals surface area (Å²) in [5.41, 5.74) is 2.75. The molecule has 0 aliphatic rings. The van der Waals surface area contributed by atoms with Crippen LogP contribution in [-0.2, 0) is 4.79 Å². The highest BCUT2D eigenvalue weighted by molar-refractivity contribution is 7.16. The van der Waals surface area contributed by atoms with E-state index >= 15 is 0 Å². The van der Waals surface area contributed by atoms with Crippen molar-refractivity contribution in [2.45, 2.75) is 12.3 Å². The molecular weight excluding hydrogens is 459 g/mol. The number of Topliss-reactive ketones (excluding diaryl/α,β-unsaturated/α-hetero) is 1. The molecule has 0 fully saturated rings. The average Bonchev–Trinajstić information content (AvgIpc) is 3.34. The number of ketones is 1. The number of hydrogen-bond acceptors (Lipinski definition) is 6. The van der Waals surface area contributed by atoms with Gasteiger partial charge in [0.05, 0.1) is 18.9 Å². The van der Waals surface area contributed by atoms with Crippen molar-refractivity contribution in [2.24, 2.45) is 0 Å². The van der Waals surface area contributed by atoms with Crippen molar-refractivity contribution >= 4 is 62.8 Å². The van der Waals surface area contributed by atoms with Gasteiger partial charge in [-0.3, -0.25) is 9.59 Å². The number of aromatic amines is 1. The Morgan fingerprint density at radius 3 is 2.74 bits per heavy atom. The zero-order chi connectivity index (χ0) is 22.1. The van der Waals surface area contributed by atoms with Crippen molar-refractivity contribution in [2.75, 3.05) is 12.4 Å². The zero-order valence-electron chi connectivity index (χ0n) is 16.4. The molecule has 7 nitrogen and oxygen atoms in total. The molecule has 31 heavy (non-hydrogen) atoms. The Labute approximate surface area is 191 Å². The number of anilines is 1. The molecule has 0 aliphatic carbocycles. The highest BCUT2D eigenvalue weighted by Gasteiger charge is 2.24. The fourth-order valence-electron chi connectivity index (χ4n) is 3.22. The molecule has 3 heterocycles. The van der Waals surface area contributed by atoms with Crippen LogP contribution in [0.5, 0.6) is 5.88 Å². The summed E-state index contributed by atoms with van der Waals surface area (Å²) in [6, 6.07) is 8.57. The Kier molecular flexibility index (Phi) is 5.95. The number of aryl methyl sites for hydroxylation is 1. The van der Waals surface area contributed by atoms with E-state index in [-0.39, 0.29) is 5.56 Å². The molecule has 0 saturated carbocycles. The first-order valence-corrected chi connectivity index (χ1v) is 10.7. The lowest BCUT2D eigenvalue weighted by molar-refractivity contribution is -0.112. The largest absolute Gasteiger partial charge is 0.481 e. The quantitative estimate of drug-likeness (QED) is 0.229. The number of amides is 1. The first-order chi connectivity index (χ1) is 14.9. The number of halogens is 2. The van der Waals surface area contributed by atoms with Gasteiger partial charge in [-0.25, -0.2) is 9.97 Å². The predicted molar refractivity (Wildman–Crippen MR) is 122 cm³/mol. The summed E-state index contributed by atoms with van der Waals surface area (Å²) >= 11 is 13.8. The normalized spacial score (nSPS) is 12.0. The van der Waals surface area contributed by atoms with E-state index in [4.69, 9.17) is 27.9 Å². The monoisotopic (exact) mass is 474 g/mol. The lowest BCUT2D eigenvalue weighted by Gasteiger charge is -2.08. The number of H-pyrrole nitrogens is 1. The summed E-state index contributed by atoms with van der Waals surface area (Å²) < 4.78 is 5.58. The molecule has 0 radical (unpaired) electrons. The number of carbonyl (C=O) groups is 2. The van der Waals surface area contributed by atoms with E-state index < -0.39 is 17.1 Å². The molecule has 1 unspecified atom stereocenters. The highest BCUT2D eigenvalue weighted by atomic mass is 35.5. The number of rotatable bonds is 6. The smallest absolute Gasteiger partial charge is 0.296 e. The van der Waals surface area contributed by atoms with E-state index in [0.717, 1.165) is 11.1 Å². The Hall–Kier alpha value is -2.94. The molecule has 4 aromatic rings. The minimum absolute atomic E-state index is 0.288. The van der Waals surface area contributed by atoms with Gasteiger partial charge in [0.2, 0.25) is 5.88 Å². The van der Waals surface area contributed by atoms with Crippen LogP contribution in [0, 0.1) is 6.92 Å². The van der Waals surface area contributed by atoms with Crippen LogP contribution in [0.4, 0.5) is 5.69 Å². The van der Waals surface area contributed by atoms with Gasteiger partial charge < -0.3 is 15.0 Å². The van der Waals surface area contributed by atoms with Crippen LogP contribution < -0.4 is 10.1 Å². The molecule has 0 saturated heterocycles. The Balaban J connectivity index is 1.66. The summed E-state index contributed by atoms with van der Waals surface area (Å²) in [4.78, 5) is 37.0. The van der Waals surface area contributed by atoms with Crippen molar-refractivity contribution in [3.8, 4) is 5.88 Å². The van der Waals surface area contributed by atoms with Gasteiger partial charge >= 0.3 is 0 Å².